The summed E-state index contributed by atoms with van der Waals surface area (Å²) in [6.07, 6.45) is 5.89. The van der Waals surface area contributed by atoms with Crippen molar-refractivity contribution < 1.29 is 18.5 Å². The molecule has 39 heavy (non-hydrogen) atoms. The Balaban J connectivity index is 1.65. The molecule has 0 radical (unpaired) electrons. The molecule has 3 N–H and O–H groups in total. The monoisotopic (exact) mass is 532 g/mol. The summed E-state index contributed by atoms with van der Waals surface area (Å²) in [4.78, 5) is 39.0. The summed E-state index contributed by atoms with van der Waals surface area (Å²) in [5, 5.41) is 4.14. The molecular weight excluding hydrogens is 499 g/mol. The number of hydrogen-bond donors (Lipinski definition) is 2. The molecule has 3 heterocycles. The van der Waals surface area contributed by atoms with Crippen molar-refractivity contribution in [2.24, 2.45) is 17.6 Å². The largest absolute Gasteiger partial charge is 0.365 e. The fraction of sp³-hybridized carbons (Fsp3) is 0.414. The number of H-pyrrole nitrogens is 1. The molecule has 204 valence electrons. The lowest BCUT2D eigenvalue weighted by atomic mass is 9.74. The van der Waals surface area contributed by atoms with Gasteiger partial charge < -0.3 is 20.1 Å². The Morgan fingerprint density at radius 3 is 2.62 bits per heavy atom. The maximum Gasteiger partial charge on any atom is 0.255 e. The summed E-state index contributed by atoms with van der Waals surface area (Å²) < 4.78 is 21.9. The maximum absolute atomic E-state index is 16.1. The number of primary amides is 1. The minimum Gasteiger partial charge on any atom is -0.365 e. The van der Waals surface area contributed by atoms with Crippen LogP contribution in [0.15, 0.2) is 35.0 Å². The fourth-order valence-corrected chi connectivity index (χ4v) is 5.66. The zero-order chi connectivity index (χ0) is 27.8. The molecule has 1 fully saturated rings. The molecule has 9 nitrogen and oxygen atoms in total. The Morgan fingerprint density at radius 1 is 1.21 bits per heavy atom. The molecule has 1 saturated carbocycles. The number of nitrogens with one attached hydrogen (secondary N) is 1. The van der Waals surface area contributed by atoms with Gasteiger partial charge in [0.1, 0.15) is 16.9 Å². The first-order valence-corrected chi connectivity index (χ1v) is 13.3. The first kappa shape index (κ1) is 26.5. The summed E-state index contributed by atoms with van der Waals surface area (Å²) in [5.74, 6) is -0.317. The van der Waals surface area contributed by atoms with Gasteiger partial charge in [0.15, 0.2) is 11.6 Å². The Bertz CT molecular complexity index is 1530. The van der Waals surface area contributed by atoms with Crippen LogP contribution in [0.1, 0.15) is 83.4 Å². The van der Waals surface area contributed by atoms with E-state index >= 15 is 4.39 Å². The molecule has 10 heteroatoms. The van der Waals surface area contributed by atoms with Crippen LogP contribution in [-0.4, -0.2) is 50.9 Å². The number of hydrogen-bond acceptors (Lipinski definition) is 6. The van der Waals surface area contributed by atoms with Crippen LogP contribution in [-0.2, 0) is 6.42 Å². The van der Waals surface area contributed by atoms with Gasteiger partial charge in [-0.1, -0.05) is 31.8 Å². The van der Waals surface area contributed by atoms with E-state index in [2.05, 4.69) is 22.0 Å². The minimum absolute atomic E-state index is 0.111. The smallest absolute Gasteiger partial charge is 0.255 e. The molecule has 1 aliphatic rings. The van der Waals surface area contributed by atoms with E-state index in [4.69, 9.17) is 15.2 Å². The van der Waals surface area contributed by atoms with E-state index in [1.54, 1.807) is 38.4 Å². The molecule has 0 unspecified atom stereocenters. The van der Waals surface area contributed by atoms with Crippen molar-refractivity contribution in [3.05, 3.63) is 64.7 Å². The SMILES string of the molecule is CCc1noc([C@H](c2nc3c(F)c(-c4ncccc4C(=O)N(C)C)ccc3[nH]2)C2CCC(C)CC2)c1C(N)=O. The summed E-state index contributed by atoms with van der Waals surface area (Å²) in [6, 6.07) is 6.61. The lowest BCUT2D eigenvalue weighted by Crippen LogP contribution is -2.24. The summed E-state index contributed by atoms with van der Waals surface area (Å²) >= 11 is 0. The van der Waals surface area contributed by atoms with Gasteiger partial charge in [0.25, 0.3) is 11.8 Å². The molecule has 0 spiro atoms. The lowest BCUT2D eigenvalue weighted by molar-refractivity contribution is 0.0827. The minimum atomic E-state index is -0.602. The number of nitrogens with two attached hydrogens (primary N) is 1. The maximum atomic E-state index is 16.1. The zero-order valence-electron chi connectivity index (χ0n) is 22.6. The van der Waals surface area contributed by atoms with Crippen LogP contribution >= 0.6 is 0 Å². The predicted octanol–water partition coefficient (Wildman–Crippen LogP) is 5.07. The molecule has 0 saturated heterocycles. The number of pyridine rings is 1. The van der Waals surface area contributed by atoms with Gasteiger partial charge >= 0.3 is 0 Å². The van der Waals surface area contributed by atoms with Crippen LogP contribution in [0.4, 0.5) is 4.39 Å². The fourth-order valence-electron chi connectivity index (χ4n) is 5.66. The molecule has 1 aromatic carbocycles. The number of carbonyl (C=O) groups is 2. The number of fused-ring (bicyclic) bond motifs is 1. The predicted molar refractivity (Wildman–Crippen MR) is 145 cm³/mol. The summed E-state index contributed by atoms with van der Waals surface area (Å²) in [5.41, 5.74) is 7.91. The van der Waals surface area contributed by atoms with E-state index in [1.165, 1.54) is 11.1 Å². The number of halogens is 1. The third-order valence-corrected chi connectivity index (χ3v) is 7.79. The van der Waals surface area contributed by atoms with E-state index in [-0.39, 0.29) is 34.2 Å². The van der Waals surface area contributed by atoms with Crippen LogP contribution in [0.25, 0.3) is 22.3 Å². The Hall–Kier alpha value is -4.08. The van der Waals surface area contributed by atoms with Crippen LogP contribution in [0.5, 0.6) is 0 Å². The Morgan fingerprint density at radius 2 is 1.95 bits per heavy atom. The third kappa shape index (κ3) is 4.79. The van der Waals surface area contributed by atoms with Gasteiger partial charge in [-0.3, -0.25) is 14.6 Å². The van der Waals surface area contributed by atoms with Crippen molar-refractivity contribution in [1.29, 1.82) is 0 Å². The van der Waals surface area contributed by atoms with Crippen molar-refractivity contribution in [2.45, 2.75) is 51.9 Å². The van der Waals surface area contributed by atoms with Gasteiger partial charge in [-0.05, 0) is 55.4 Å². The number of imidazole rings is 1. The average Bonchev–Trinajstić information content (AvgIpc) is 3.55. The van der Waals surface area contributed by atoms with Gasteiger partial charge in [0.2, 0.25) is 0 Å². The third-order valence-electron chi connectivity index (χ3n) is 7.79. The molecule has 2 amide bonds. The van der Waals surface area contributed by atoms with Crippen LogP contribution in [0.3, 0.4) is 0 Å². The molecule has 4 aromatic rings. The second-order valence-corrected chi connectivity index (χ2v) is 10.6. The molecule has 3 aromatic heterocycles. The molecule has 1 atom stereocenters. The molecule has 5 rings (SSSR count). The number of carbonyl (C=O) groups excluding carboxylic acids is 2. The topological polar surface area (TPSA) is 131 Å². The van der Waals surface area contributed by atoms with Gasteiger partial charge in [-0.25, -0.2) is 9.37 Å². The second-order valence-electron chi connectivity index (χ2n) is 10.6. The van der Waals surface area contributed by atoms with Crippen molar-refractivity contribution in [3.8, 4) is 11.3 Å². The molecule has 0 bridgehead atoms. The quantitative estimate of drug-likeness (QED) is 0.342. The Kier molecular flexibility index (Phi) is 7.20. The standard InChI is InChI=1S/C29H33FN6O3/c1-5-19-22(27(31)37)26(39-35-19)21(16-10-8-15(2)9-11-16)28-33-20-13-12-17(23(30)25(20)34-28)24-18(7-6-14-32-24)29(38)36(3)4/h6-7,12-16,21H,5,8-11H2,1-4H3,(H2,31,37)(H,33,34)/t15?,16?,21-/m1/s1. The van der Waals surface area contributed by atoms with E-state index < -0.39 is 17.6 Å². The van der Waals surface area contributed by atoms with Crippen molar-refractivity contribution in [1.82, 2.24) is 25.0 Å². The average molecular weight is 533 g/mol. The first-order valence-electron chi connectivity index (χ1n) is 13.3. The van der Waals surface area contributed by atoms with E-state index in [0.717, 1.165) is 25.7 Å². The highest BCUT2D eigenvalue weighted by Gasteiger charge is 2.37. The Labute approximate surface area is 226 Å². The van der Waals surface area contributed by atoms with Gasteiger partial charge in [-0.2, -0.15) is 0 Å². The number of aryl methyl sites for hydroxylation is 1. The molecular formula is C29H33FN6O3. The van der Waals surface area contributed by atoms with Crippen molar-refractivity contribution >= 4 is 22.8 Å². The normalized spacial score (nSPS) is 18.3. The number of amides is 2. The van der Waals surface area contributed by atoms with E-state index in [9.17, 15) is 9.59 Å². The van der Waals surface area contributed by atoms with Crippen LogP contribution < -0.4 is 5.73 Å². The van der Waals surface area contributed by atoms with Crippen molar-refractivity contribution in [2.75, 3.05) is 14.1 Å². The van der Waals surface area contributed by atoms with Crippen LogP contribution in [0, 0.1) is 17.7 Å². The molecule has 1 aliphatic carbocycles. The number of nitrogens with zero attached hydrogens (tertiary/aromatic N) is 4. The zero-order valence-corrected chi connectivity index (χ0v) is 22.6. The van der Waals surface area contributed by atoms with Gasteiger partial charge in [0.05, 0.1) is 28.4 Å². The van der Waals surface area contributed by atoms with Gasteiger partial charge in [0, 0.05) is 25.9 Å². The number of aromatic amines is 1. The molecule has 0 aliphatic heterocycles. The summed E-state index contributed by atoms with van der Waals surface area (Å²) in [7, 11) is 3.27. The van der Waals surface area contributed by atoms with E-state index in [1.807, 2.05) is 6.92 Å². The van der Waals surface area contributed by atoms with Crippen molar-refractivity contribution in [3.63, 3.8) is 0 Å². The first-order chi connectivity index (χ1) is 18.7. The van der Waals surface area contributed by atoms with E-state index in [0.29, 0.717) is 40.7 Å². The summed E-state index contributed by atoms with van der Waals surface area (Å²) in [6.45, 7) is 4.12. The number of aromatic nitrogens is 4. The highest BCUT2D eigenvalue weighted by atomic mass is 19.1. The number of rotatable bonds is 7. The van der Waals surface area contributed by atoms with Gasteiger partial charge in [-0.15, -0.1) is 0 Å². The highest BCUT2D eigenvalue weighted by Crippen LogP contribution is 2.43. The second kappa shape index (κ2) is 10.6. The highest BCUT2D eigenvalue weighted by molar-refractivity contribution is 6.00. The van der Waals surface area contributed by atoms with Crippen LogP contribution in [0.2, 0.25) is 0 Å². The number of benzene rings is 1. The lowest BCUT2D eigenvalue weighted by Gasteiger charge is -2.30.